The summed E-state index contributed by atoms with van der Waals surface area (Å²) in [6.07, 6.45) is 2.87. The minimum atomic E-state index is -0.548. The highest BCUT2D eigenvalue weighted by Crippen LogP contribution is 2.43. The van der Waals surface area contributed by atoms with Crippen molar-refractivity contribution in [1.82, 2.24) is 15.1 Å². The van der Waals surface area contributed by atoms with Gasteiger partial charge in [-0.1, -0.05) is 16.8 Å². The second-order valence-corrected chi connectivity index (χ2v) is 7.13. The fourth-order valence-corrected chi connectivity index (χ4v) is 3.43. The van der Waals surface area contributed by atoms with Crippen LogP contribution in [0, 0.1) is 18.6 Å². The fourth-order valence-electron chi connectivity index (χ4n) is 3.18. The minimum Gasteiger partial charge on any atom is -0.336 e. The first-order valence-corrected chi connectivity index (χ1v) is 9.53. The van der Waals surface area contributed by atoms with Crippen LogP contribution >= 0.6 is 11.6 Å². The van der Waals surface area contributed by atoms with Crippen LogP contribution in [-0.4, -0.2) is 21.0 Å². The average Bonchev–Trinajstić information content (AvgIpc) is 3.17. The maximum absolute atomic E-state index is 13.8. The van der Waals surface area contributed by atoms with Crippen LogP contribution in [0.15, 0.2) is 59.5 Å². The fraction of sp³-hybridized carbons (Fsp3) is 0.0909. The molecule has 0 saturated carbocycles. The van der Waals surface area contributed by atoms with Crippen molar-refractivity contribution in [2.24, 2.45) is 0 Å². The first-order valence-electron chi connectivity index (χ1n) is 9.15. The van der Waals surface area contributed by atoms with Gasteiger partial charge in [-0.2, -0.15) is 0 Å². The molecule has 4 aromatic rings. The molecule has 9 heteroatoms. The molecule has 31 heavy (non-hydrogen) atoms. The van der Waals surface area contributed by atoms with Crippen molar-refractivity contribution in [2.75, 3.05) is 4.90 Å². The second-order valence-electron chi connectivity index (χ2n) is 6.72. The van der Waals surface area contributed by atoms with Gasteiger partial charge in [0, 0.05) is 18.7 Å². The first kappa shape index (κ1) is 20.6. The molecule has 2 aromatic carbocycles. The Bertz CT molecular complexity index is 1280. The summed E-state index contributed by atoms with van der Waals surface area (Å²) < 4.78 is 33.0. The standard InChI is InChI=1S/C22H15ClF2N4O2/c1-12-9-14(3-5-17(12)25)21-20(18-7-8-26-11-27-18)22(31-28-21)29(13(2)30)19-6-4-15(24)10-16(19)23/h3-11H,1-2H3. The highest BCUT2D eigenvalue weighted by atomic mass is 35.5. The Labute approximate surface area is 181 Å². The van der Waals surface area contributed by atoms with E-state index in [0.29, 0.717) is 28.1 Å². The quantitative estimate of drug-likeness (QED) is 0.405. The molecular weight excluding hydrogens is 426 g/mol. The zero-order valence-corrected chi connectivity index (χ0v) is 17.2. The van der Waals surface area contributed by atoms with E-state index in [1.54, 1.807) is 25.1 Å². The van der Waals surface area contributed by atoms with E-state index in [-0.39, 0.29) is 22.4 Å². The predicted molar refractivity (Wildman–Crippen MR) is 112 cm³/mol. The number of aryl methyl sites for hydroxylation is 1. The molecule has 4 rings (SSSR count). The van der Waals surface area contributed by atoms with E-state index >= 15 is 0 Å². The summed E-state index contributed by atoms with van der Waals surface area (Å²) in [6, 6.07) is 9.76. The number of benzene rings is 2. The topological polar surface area (TPSA) is 72.1 Å². The summed E-state index contributed by atoms with van der Waals surface area (Å²) in [4.78, 5) is 22.0. The van der Waals surface area contributed by atoms with Crippen LogP contribution in [0.5, 0.6) is 0 Å². The Balaban J connectivity index is 1.98. The van der Waals surface area contributed by atoms with E-state index in [1.165, 1.54) is 42.5 Å². The van der Waals surface area contributed by atoms with Gasteiger partial charge in [0.25, 0.3) is 0 Å². The zero-order chi connectivity index (χ0) is 22.1. The smallest absolute Gasteiger partial charge is 0.248 e. The molecule has 0 unspecified atom stereocenters. The summed E-state index contributed by atoms with van der Waals surface area (Å²) in [5, 5.41) is 4.15. The van der Waals surface area contributed by atoms with Gasteiger partial charge >= 0.3 is 0 Å². The maximum Gasteiger partial charge on any atom is 0.248 e. The molecular formula is C22H15ClF2N4O2. The van der Waals surface area contributed by atoms with Crippen molar-refractivity contribution in [3.05, 3.63) is 77.2 Å². The third-order valence-corrected chi connectivity index (χ3v) is 4.91. The third-order valence-electron chi connectivity index (χ3n) is 4.61. The largest absolute Gasteiger partial charge is 0.336 e. The number of amides is 1. The number of rotatable bonds is 4. The molecule has 0 aliphatic heterocycles. The van der Waals surface area contributed by atoms with Gasteiger partial charge in [-0.05, 0) is 55.0 Å². The van der Waals surface area contributed by atoms with Crippen molar-refractivity contribution in [1.29, 1.82) is 0 Å². The molecule has 1 amide bonds. The van der Waals surface area contributed by atoms with Crippen LogP contribution in [0.2, 0.25) is 5.02 Å². The van der Waals surface area contributed by atoms with Gasteiger partial charge in [-0.15, -0.1) is 0 Å². The number of hydrogen-bond donors (Lipinski definition) is 0. The van der Waals surface area contributed by atoms with Crippen LogP contribution in [0.3, 0.4) is 0 Å². The summed E-state index contributed by atoms with van der Waals surface area (Å²) in [5.41, 5.74) is 2.35. The number of anilines is 2. The van der Waals surface area contributed by atoms with Crippen LogP contribution < -0.4 is 4.90 Å². The van der Waals surface area contributed by atoms with Gasteiger partial charge in [-0.3, -0.25) is 4.79 Å². The molecule has 0 atom stereocenters. The third kappa shape index (κ3) is 3.89. The number of carbonyl (C=O) groups is 1. The lowest BCUT2D eigenvalue weighted by atomic mass is 10.0. The first-order chi connectivity index (χ1) is 14.9. The molecule has 6 nitrogen and oxygen atoms in total. The predicted octanol–water partition coefficient (Wildman–Crippen LogP) is 5.72. The molecule has 0 radical (unpaired) electrons. The maximum atomic E-state index is 13.8. The Hall–Kier alpha value is -3.65. The van der Waals surface area contributed by atoms with Gasteiger partial charge < -0.3 is 4.52 Å². The number of halogens is 3. The Morgan fingerprint density at radius 1 is 1.13 bits per heavy atom. The van der Waals surface area contributed by atoms with E-state index in [0.717, 1.165) is 6.07 Å². The summed E-state index contributed by atoms with van der Waals surface area (Å²) >= 11 is 6.22. The van der Waals surface area contributed by atoms with Crippen LogP contribution in [0.4, 0.5) is 20.4 Å². The lowest BCUT2D eigenvalue weighted by Gasteiger charge is -2.20. The second kappa shape index (κ2) is 8.23. The van der Waals surface area contributed by atoms with Crippen LogP contribution in [-0.2, 0) is 4.79 Å². The number of hydrogen-bond acceptors (Lipinski definition) is 5. The molecule has 0 bridgehead atoms. The number of nitrogens with zero attached hydrogens (tertiary/aromatic N) is 4. The van der Waals surface area contributed by atoms with E-state index in [4.69, 9.17) is 16.1 Å². The van der Waals surface area contributed by atoms with Crippen molar-refractivity contribution in [2.45, 2.75) is 13.8 Å². The monoisotopic (exact) mass is 440 g/mol. The highest BCUT2D eigenvalue weighted by molar-refractivity contribution is 6.34. The van der Waals surface area contributed by atoms with Crippen molar-refractivity contribution >= 4 is 29.1 Å². The highest BCUT2D eigenvalue weighted by Gasteiger charge is 2.29. The molecule has 0 saturated heterocycles. The summed E-state index contributed by atoms with van der Waals surface area (Å²) in [7, 11) is 0. The van der Waals surface area contributed by atoms with E-state index in [1.807, 2.05) is 0 Å². The molecule has 0 fully saturated rings. The van der Waals surface area contributed by atoms with E-state index in [2.05, 4.69) is 15.1 Å². The molecule has 0 N–H and O–H groups in total. The van der Waals surface area contributed by atoms with Gasteiger partial charge in [0.15, 0.2) is 0 Å². The van der Waals surface area contributed by atoms with Gasteiger partial charge in [0.05, 0.1) is 22.0 Å². The lowest BCUT2D eigenvalue weighted by molar-refractivity contribution is -0.116. The molecule has 2 aromatic heterocycles. The van der Waals surface area contributed by atoms with Crippen molar-refractivity contribution in [3.8, 4) is 22.5 Å². The molecule has 156 valence electrons. The molecule has 2 heterocycles. The molecule has 0 aliphatic carbocycles. The average molecular weight is 441 g/mol. The Morgan fingerprint density at radius 2 is 1.94 bits per heavy atom. The van der Waals surface area contributed by atoms with Crippen LogP contribution in [0.1, 0.15) is 12.5 Å². The van der Waals surface area contributed by atoms with Crippen molar-refractivity contribution in [3.63, 3.8) is 0 Å². The minimum absolute atomic E-state index is 0.0133. The van der Waals surface area contributed by atoms with Gasteiger partial charge in [-0.25, -0.2) is 23.6 Å². The summed E-state index contributed by atoms with van der Waals surface area (Å²) in [6.45, 7) is 2.94. The Kier molecular flexibility index (Phi) is 5.48. The number of aromatic nitrogens is 3. The van der Waals surface area contributed by atoms with Gasteiger partial charge in [0.2, 0.25) is 11.8 Å². The van der Waals surface area contributed by atoms with Gasteiger partial charge in [0.1, 0.15) is 23.7 Å². The summed E-state index contributed by atoms with van der Waals surface area (Å²) in [5.74, 6) is -1.31. The van der Waals surface area contributed by atoms with E-state index < -0.39 is 11.7 Å². The van der Waals surface area contributed by atoms with Crippen molar-refractivity contribution < 1.29 is 18.1 Å². The van der Waals surface area contributed by atoms with Crippen LogP contribution in [0.25, 0.3) is 22.5 Å². The zero-order valence-electron chi connectivity index (χ0n) is 16.4. The normalized spacial score (nSPS) is 10.9. The SMILES string of the molecule is CC(=O)N(c1ccc(F)cc1Cl)c1onc(-c2ccc(F)c(C)c2)c1-c1ccncn1. The number of carbonyl (C=O) groups excluding carboxylic acids is 1. The van der Waals surface area contributed by atoms with E-state index in [9.17, 15) is 13.6 Å². The molecule has 0 aliphatic rings. The lowest BCUT2D eigenvalue weighted by Crippen LogP contribution is -2.23. The Morgan fingerprint density at radius 3 is 2.58 bits per heavy atom. The molecule has 0 spiro atoms.